The molecule has 0 fully saturated rings. The predicted octanol–water partition coefficient (Wildman–Crippen LogP) is 20.5. The third kappa shape index (κ3) is 13.5. The highest BCUT2D eigenvalue weighted by Crippen LogP contribution is 2.36. The van der Waals surface area contributed by atoms with Crippen LogP contribution in [0.3, 0.4) is 0 Å². The normalized spacial score (nSPS) is 17.2. The molecule has 0 bridgehead atoms. The quantitative estimate of drug-likeness (QED) is 0.103. The van der Waals surface area contributed by atoms with Crippen LogP contribution < -0.4 is 21.3 Å². The molecule has 13 aromatic rings. The van der Waals surface area contributed by atoms with Gasteiger partial charge in [-0.3, -0.25) is 0 Å². The van der Waals surface area contributed by atoms with Crippen molar-refractivity contribution >= 4 is 77.8 Å². The number of fused-ring (bicyclic) bond motifs is 4. The molecule has 13 aromatic carbocycles. The molecule has 4 N–H and O–H groups in total. The summed E-state index contributed by atoms with van der Waals surface area (Å²) >= 11 is 0. The van der Waals surface area contributed by atoms with E-state index in [-0.39, 0.29) is 93.1 Å². The van der Waals surface area contributed by atoms with E-state index in [1.807, 2.05) is 48.5 Å². The maximum Gasteiger partial charge on any atom is 0.0645 e. The van der Waals surface area contributed by atoms with Crippen LogP contribution in [-0.4, -0.2) is 0 Å². The summed E-state index contributed by atoms with van der Waals surface area (Å²) in [5.41, 5.74) is 2.22. The number of rotatable bonds is 10. The second-order valence-corrected chi connectivity index (χ2v) is 15.3. The van der Waals surface area contributed by atoms with Crippen molar-refractivity contribution < 1.29 is 50.7 Å². The molecule has 0 aliphatic heterocycles. The molecule has 4 nitrogen and oxygen atoms in total. The molecular weight excluding hydrogens is 921 g/mol. The van der Waals surface area contributed by atoms with Gasteiger partial charge < -0.3 is 21.3 Å². The lowest BCUT2D eigenvalue weighted by molar-refractivity contribution is 1.54. The first-order chi connectivity index (χ1) is 53.0. The van der Waals surface area contributed by atoms with Crippen molar-refractivity contribution in [3.63, 3.8) is 0 Å². The molecule has 0 aliphatic carbocycles. The average Bonchev–Trinajstić information content (AvgIpc) is 0.732. The summed E-state index contributed by atoms with van der Waals surface area (Å²) in [7, 11) is 0. The third-order valence-corrected chi connectivity index (χ3v) is 10.5. The molecule has 0 unspecified atom stereocenters. The number of nitrogens with one attached hydrogen (secondary N) is 4. The van der Waals surface area contributed by atoms with Gasteiger partial charge in [0, 0.05) is 50.9 Å². The van der Waals surface area contributed by atoms with Crippen LogP contribution >= 0.6 is 0 Å². The lowest BCUT2D eigenvalue weighted by atomic mass is 9.93. The second-order valence-electron chi connectivity index (χ2n) is 15.3. The molecular formula is C72H58N4. The van der Waals surface area contributed by atoms with Gasteiger partial charge in [-0.15, -0.1) is 0 Å². The molecule has 0 saturated carbocycles. The van der Waals surface area contributed by atoms with Crippen molar-refractivity contribution in [1.82, 2.24) is 0 Å². The Bertz CT molecular complexity index is 5850. The first-order valence-electron chi connectivity index (χ1n) is 41.1. The Labute approximate surface area is 498 Å². The topological polar surface area (TPSA) is 48.1 Å². The standard InChI is InChI=1S/C26H19N.C18H15N.C16H13N.C12H11N/c1-2-9-21(10-3-1)27-22-16-14-19(15-17-22)26-18-20-8-4-5-11-23(20)24-12-6-7-13-25(24)26;1-3-7-15(8-4-1)16-11-13-18(14-12-16)19-17-9-5-2-6-10-17;1-2-9-14(10-3-1)17-16-12-6-8-13-7-4-5-11-15(13)16;1-3-7-11(8-4-1)13-12-9-5-2-6-10-12/h1-18,27H;1-14,19H;1-12,17H;1-10,13H/i1D,2D,3D,9D,10D;1D,2D,3D,4D,5D,6D,7D,8D,9D,10D;1D,2D,3D,4D,5D,6D,7D,8D,9D,10D,11D,12D;1D,2D,3D,4D,5D,6D,7D,8D,9D,10D. The summed E-state index contributed by atoms with van der Waals surface area (Å²) in [5, 5.41) is 14.9. The molecule has 76 heavy (non-hydrogen) atoms. The van der Waals surface area contributed by atoms with Crippen LogP contribution in [0.4, 0.5) is 45.5 Å². The molecule has 0 amide bonds. The van der Waals surface area contributed by atoms with Gasteiger partial charge >= 0.3 is 0 Å². The van der Waals surface area contributed by atoms with E-state index in [2.05, 4.69) is 51.6 Å². The molecule has 4 heteroatoms. The Morgan fingerprint density at radius 3 is 1.12 bits per heavy atom. The number of anilines is 8. The molecule has 0 aromatic heterocycles. The molecule has 0 atom stereocenters. The summed E-state index contributed by atoms with van der Waals surface area (Å²) in [5.74, 6) is 0. The summed E-state index contributed by atoms with van der Waals surface area (Å²) in [6, 6.07) is 14.0. The largest absolute Gasteiger partial charge is 0.356 e. The van der Waals surface area contributed by atoms with E-state index in [1.165, 1.54) is 40.4 Å². The van der Waals surface area contributed by atoms with Gasteiger partial charge in [0.1, 0.15) is 0 Å². The zero-order valence-corrected chi connectivity index (χ0v) is 39.3. The summed E-state index contributed by atoms with van der Waals surface area (Å²) in [4.78, 5) is 0. The van der Waals surface area contributed by atoms with Crippen LogP contribution in [0, 0.1) is 0 Å². The Balaban J connectivity index is 0.000000161. The maximum absolute atomic E-state index is 8.17. The minimum atomic E-state index is -0.630. The van der Waals surface area contributed by atoms with Crippen LogP contribution in [0.15, 0.2) is 327 Å². The highest BCUT2D eigenvalue weighted by molar-refractivity contribution is 6.13. The Morgan fingerprint density at radius 1 is 0.224 bits per heavy atom. The van der Waals surface area contributed by atoms with E-state index in [4.69, 9.17) is 50.7 Å². The smallest absolute Gasteiger partial charge is 0.0645 e. The van der Waals surface area contributed by atoms with Gasteiger partial charge in [-0.2, -0.15) is 0 Å². The van der Waals surface area contributed by atoms with Gasteiger partial charge in [-0.1, -0.05) is 230 Å². The molecule has 0 saturated heterocycles. The highest BCUT2D eigenvalue weighted by atomic mass is 14.9. The molecule has 13 rings (SSSR count). The van der Waals surface area contributed by atoms with E-state index < -0.39 is 181 Å². The summed E-state index contributed by atoms with van der Waals surface area (Å²) in [6.07, 6.45) is 0. The molecule has 366 valence electrons. The van der Waals surface area contributed by atoms with Gasteiger partial charge in [-0.05, 0) is 146 Å². The number of hydrogen-bond donors (Lipinski definition) is 4. The van der Waals surface area contributed by atoms with E-state index in [0.717, 1.165) is 16.5 Å². The zero-order chi connectivity index (χ0) is 83.6. The third-order valence-electron chi connectivity index (χ3n) is 10.5. The van der Waals surface area contributed by atoms with Crippen molar-refractivity contribution in [1.29, 1.82) is 0 Å². The van der Waals surface area contributed by atoms with Crippen molar-refractivity contribution in [2.75, 3.05) is 21.3 Å². The second kappa shape index (κ2) is 25.5. The van der Waals surface area contributed by atoms with Crippen LogP contribution in [0.25, 0.3) is 54.6 Å². The van der Waals surface area contributed by atoms with Crippen LogP contribution in [0.5, 0.6) is 0 Å². The van der Waals surface area contributed by atoms with Crippen LogP contribution in [0.2, 0.25) is 0 Å². The lowest BCUT2D eigenvalue weighted by Crippen LogP contribution is -1.90. The minimum Gasteiger partial charge on any atom is -0.356 e. The van der Waals surface area contributed by atoms with Crippen molar-refractivity contribution in [2.45, 2.75) is 0 Å². The lowest BCUT2D eigenvalue weighted by Gasteiger charge is -2.12. The fourth-order valence-electron chi connectivity index (χ4n) is 7.15. The predicted molar refractivity (Wildman–Crippen MR) is 328 cm³/mol. The molecule has 0 radical (unpaired) electrons. The molecule has 0 aliphatic rings. The first-order valence-corrected chi connectivity index (χ1v) is 22.6. The minimum absolute atomic E-state index is 0.0605. The Hall–Kier alpha value is -10.2. The van der Waals surface area contributed by atoms with E-state index in [1.54, 1.807) is 0 Å². The van der Waals surface area contributed by atoms with Gasteiger partial charge in [0.15, 0.2) is 0 Å². The first kappa shape index (κ1) is 22.1. The summed E-state index contributed by atoms with van der Waals surface area (Å²) < 4.78 is 290. The zero-order valence-electron chi connectivity index (χ0n) is 76.3. The van der Waals surface area contributed by atoms with Crippen molar-refractivity contribution in [3.8, 4) is 22.3 Å². The van der Waals surface area contributed by atoms with Crippen LogP contribution in [0.1, 0.15) is 50.7 Å². The fraction of sp³-hybridized carbons (Fsp3) is 0. The number of hydrogen-bond acceptors (Lipinski definition) is 4. The number of para-hydroxylation sites is 5. The van der Waals surface area contributed by atoms with E-state index in [0.29, 0.717) is 16.9 Å². The highest BCUT2D eigenvalue weighted by Gasteiger charge is 2.09. The van der Waals surface area contributed by atoms with Gasteiger partial charge in [0.25, 0.3) is 0 Å². The van der Waals surface area contributed by atoms with E-state index in [9.17, 15) is 0 Å². The average molecular weight is 1020 g/mol. The molecule has 0 heterocycles. The summed E-state index contributed by atoms with van der Waals surface area (Å²) in [6.45, 7) is 0. The monoisotopic (exact) mass is 1020 g/mol. The molecule has 0 spiro atoms. The van der Waals surface area contributed by atoms with Crippen molar-refractivity contribution in [3.05, 3.63) is 327 Å². The Kier molecular flexibility index (Phi) is 7.42. The SMILES string of the molecule is [2H]c1c([2H])c([2H])c(Nc2c([2H])c([2H])c([2H])c([2H])c2[2H])c([2H])c1[2H].[2H]c1c([2H])c([2H])c(Nc2c([2H])c([2H])c([2H])c3c([2H])c([2H])c([2H])c([2H])c23)c([2H])c1[2H].[2H]c1c([2H])c([2H])c(Nc2ccc(-c3c([2H])c([2H])c([2H])c([2H])c3[2H])cc2)c([2H])c1[2H].[2H]c1c([2H])c([2H])c(Nc2ccc(-c3cc4ccccc4c4ccccc34)cc2)c([2H])c1[2H]. The Morgan fingerprint density at radius 2 is 0.605 bits per heavy atom. The van der Waals surface area contributed by atoms with E-state index >= 15 is 0 Å². The van der Waals surface area contributed by atoms with Gasteiger partial charge in [-0.25, -0.2) is 0 Å². The maximum atomic E-state index is 8.17. The van der Waals surface area contributed by atoms with Gasteiger partial charge in [0.2, 0.25) is 0 Å². The fourth-order valence-corrected chi connectivity index (χ4v) is 7.15. The van der Waals surface area contributed by atoms with Crippen molar-refractivity contribution in [2.24, 2.45) is 0 Å². The number of benzene rings is 13. The van der Waals surface area contributed by atoms with Gasteiger partial charge in [0.05, 0.1) is 50.7 Å². The van der Waals surface area contributed by atoms with Crippen LogP contribution in [-0.2, 0) is 0 Å².